The highest BCUT2D eigenvalue weighted by Crippen LogP contribution is 2.37. The maximum Gasteiger partial charge on any atom is 0.0721 e. The minimum atomic E-state index is 0.484. The van der Waals surface area contributed by atoms with Crippen LogP contribution in [0.4, 0.5) is 5.69 Å². The van der Waals surface area contributed by atoms with E-state index in [1.54, 1.807) is 0 Å². The van der Waals surface area contributed by atoms with Gasteiger partial charge in [-0.25, -0.2) is 0 Å². The molecule has 1 fully saturated rings. The maximum absolute atomic E-state index is 6.28. The summed E-state index contributed by atoms with van der Waals surface area (Å²) >= 11 is 16.0. The molecule has 1 N–H and O–H groups in total. The molecule has 2 rings (SSSR count). The van der Waals surface area contributed by atoms with E-state index < -0.39 is 0 Å². The van der Waals surface area contributed by atoms with Crippen molar-refractivity contribution in [2.45, 2.75) is 45.6 Å². The quantitative estimate of drug-likeness (QED) is 0.655. The molecule has 0 aromatic heterocycles. The van der Waals surface area contributed by atoms with Gasteiger partial charge in [0.05, 0.1) is 15.7 Å². The van der Waals surface area contributed by atoms with E-state index in [0.29, 0.717) is 16.1 Å². The average molecular weight is 365 g/mol. The first-order valence-corrected chi connectivity index (χ1v) is 8.43. The molecule has 1 saturated carbocycles. The topological polar surface area (TPSA) is 12.0 Å². The zero-order chi connectivity index (χ0) is 14.0. The van der Waals surface area contributed by atoms with Crippen LogP contribution in [0.25, 0.3) is 0 Å². The Morgan fingerprint density at radius 1 is 1.21 bits per heavy atom. The van der Waals surface area contributed by atoms with E-state index in [9.17, 15) is 0 Å². The molecule has 106 valence electrons. The minimum Gasteiger partial charge on any atom is -0.380 e. The predicted octanol–water partition coefficient (Wildman–Crippen LogP) is 6.38. The van der Waals surface area contributed by atoms with Gasteiger partial charge in [-0.3, -0.25) is 0 Å². The zero-order valence-corrected chi connectivity index (χ0v) is 14.4. The molecular formula is C15H20BrCl2N. The summed E-state index contributed by atoms with van der Waals surface area (Å²) in [7, 11) is 0. The molecule has 0 saturated heterocycles. The Kier molecular flexibility index (Phi) is 5.45. The lowest BCUT2D eigenvalue weighted by Crippen LogP contribution is -2.29. The van der Waals surface area contributed by atoms with E-state index in [1.165, 1.54) is 25.7 Å². The number of benzene rings is 1. The van der Waals surface area contributed by atoms with Crippen LogP contribution in [0, 0.1) is 11.8 Å². The first kappa shape index (κ1) is 15.5. The second-order valence-corrected chi connectivity index (χ2v) is 7.49. The molecule has 1 aromatic rings. The number of nitrogens with one attached hydrogen (secondary N) is 1. The minimum absolute atomic E-state index is 0.484. The average Bonchev–Trinajstić information content (AvgIpc) is 2.34. The van der Waals surface area contributed by atoms with Crippen LogP contribution in [0.5, 0.6) is 0 Å². The Morgan fingerprint density at radius 2 is 1.84 bits per heavy atom. The maximum atomic E-state index is 6.28. The first-order chi connectivity index (χ1) is 8.97. The number of anilines is 1. The van der Waals surface area contributed by atoms with E-state index in [-0.39, 0.29) is 0 Å². The summed E-state index contributed by atoms with van der Waals surface area (Å²) in [6.45, 7) is 4.62. The van der Waals surface area contributed by atoms with E-state index in [2.05, 4.69) is 35.1 Å². The van der Waals surface area contributed by atoms with Crippen LogP contribution < -0.4 is 5.32 Å². The molecule has 2 atom stereocenters. The van der Waals surface area contributed by atoms with Crippen molar-refractivity contribution in [1.29, 1.82) is 0 Å². The first-order valence-electron chi connectivity index (χ1n) is 6.88. The van der Waals surface area contributed by atoms with Crippen molar-refractivity contribution in [1.82, 2.24) is 0 Å². The largest absolute Gasteiger partial charge is 0.380 e. The van der Waals surface area contributed by atoms with Gasteiger partial charge in [0.2, 0.25) is 0 Å². The third kappa shape index (κ3) is 4.03. The number of halogens is 3. The molecule has 0 radical (unpaired) electrons. The lowest BCUT2D eigenvalue weighted by molar-refractivity contribution is 0.264. The van der Waals surface area contributed by atoms with Gasteiger partial charge in [-0.1, -0.05) is 65.8 Å². The number of hydrogen-bond acceptors (Lipinski definition) is 1. The van der Waals surface area contributed by atoms with Gasteiger partial charge in [-0.15, -0.1) is 0 Å². The van der Waals surface area contributed by atoms with Crippen molar-refractivity contribution < 1.29 is 0 Å². The summed E-state index contributed by atoms with van der Waals surface area (Å²) in [4.78, 5) is 0. The molecular weight excluding hydrogens is 345 g/mol. The van der Waals surface area contributed by atoms with Gasteiger partial charge < -0.3 is 5.32 Å². The molecule has 19 heavy (non-hydrogen) atoms. The zero-order valence-electron chi connectivity index (χ0n) is 11.3. The number of rotatable bonds is 3. The van der Waals surface area contributed by atoms with Gasteiger partial charge in [-0.05, 0) is 36.8 Å². The molecule has 0 amide bonds. The number of hydrogen-bond donors (Lipinski definition) is 1. The fraction of sp³-hybridized carbons (Fsp3) is 0.600. The van der Waals surface area contributed by atoms with E-state index >= 15 is 0 Å². The highest BCUT2D eigenvalue weighted by atomic mass is 79.9. The fourth-order valence-electron chi connectivity index (χ4n) is 2.85. The highest BCUT2D eigenvalue weighted by molar-refractivity contribution is 9.10. The Morgan fingerprint density at radius 3 is 2.42 bits per heavy atom. The summed E-state index contributed by atoms with van der Waals surface area (Å²) in [5.74, 6) is 1.56. The smallest absolute Gasteiger partial charge is 0.0721 e. The van der Waals surface area contributed by atoms with Crippen LogP contribution in [-0.2, 0) is 0 Å². The van der Waals surface area contributed by atoms with Crippen LogP contribution in [-0.4, -0.2) is 6.04 Å². The SMILES string of the molecule is CC(C)C1CCCC(Nc2c(Cl)cc(Br)cc2Cl)C1. The van der Waals surface area contributed by atoms with Crippen LogP contribution >= 0.6 is 39.1 Å². The van der Waals surface area contributed by atoms with Crippen LogP contribution in [0.3, 0.4) is 0 Å². The Balaban J connectivity index is 2.09. The van der Waals surface area contributed by atoms with Gasteiger partial charge in [0, 0.05) is 10.5 Å². The lowest BCUT2D eigenvalue weighted by Gasteiger charge is -2.33. The van der Waals surface area contributed by atoms with Gasteiger partial charge in [0.15, 0.2) is 0 Å². The van der Waals surface area contributed by atoms with Gasteiger partial charge in [0.25, 0.3) is 0 Å². The molecule has 0 heterocycles. The summed E-state index contributed by atoms with van der Waals surface area (Å²) in [6.07, 6.45) is 5.04. The van der Waals surface area contributed by atoms with Crippen molar-refractivity contribution in [3.8, 4) is 0 Å². The second-order valence-electron chi connectivity index (χ2n) is 5.76. The Bertz CT molecular complexity index is 425. The van der Waals surface area contributed by atoms with Gasteiger partial charge >= 0.3 is 0 Å². The summed E-state index contributed by atoms with van der Waals surface area (Å²) in [5.41, 5.74) is 0.876. The lowest BCUT2D eigenvalue weighted by atomic mass is 9.79. The van der Waals surface area contributed by atoms with E-state index in [1.807, 2.05) is 12.1 Å². The second kappa shape index (κ2) is 6.69. The van der Waals surface area contributed by atoms with Crippen molar-refractivity contribution in [3.05, 3.63) is 26.7 Å². The molecule has 1 aliphatic carbocycles. The van der Waals surface area contributed by atoms with Crippen molar-refractivity contribution in [2.75, 3.05) is 5.32 Å². The van der Waals surface area contributed by atoms with Gasteiger partial charge in [0.1, 0.15) is 0 Å². The van der Waals surface area contributed by atoms with Crippen LogP contribution in [0.15, 0.2) is 16.6 Å². The Labute approximate surface area is 134 Å². The standard InChI is InChI=1S/C15H20BrCl2N/c1-9(2)10-4-3-5-12(6-10)19-15-13(17)7-11(16)8-14(15)18/h7-10,12,19H,3-6H2,1-2H3. The van der Waals surface area contributed by atoms with E-state index in [0.717, 1.165) is 22.0 Å². The molecule has 0 aliphatic heterocycles. The third-order valence-electron chi connectivity index (χ3n) is 4.01. The highest BCUT2D eigenvalue weighted by Gasteiger charge is 2.25. The van der Waals surface area contributed by atoms with E-state index in [4.69, 9.17) is 23.2 Å². The molecule has 4 heteroatoms. The summed E-state index contributed by atoms with van der Waals surface area (Å²) in [5, 5.41) is 4.92. The van der Waals surface area contributed by atoms with Gasteiger partial charge in [-0.2, -0.15) is 0 Å². The van der Waals surface area contributed by atoms with Crippen molar-refractivity contribution in [2.24, 2.45) is 11.8 Å². The van der Waals surface area contributed by atoms with Crippen molar-refractivity contribution >= 4 is 44.8 Å². The molecule has 1 aromatic carbocycles. The molecule has 1 nitrogen and oxygen atoms in total. The summed E-state index contributed by atoms with van der Waals surface area (Å²) in [6, 6.07) is 4.26. The Hall–Kier alpha value is 0.0800. The van der Waals surface area contributed by atoms with Crippen LogP contribution in [0.1, 0.15) is 39.5 Å². The molecule has 0 bridgehead atoms. The predicted molar refractivity (Wildman–Crippen MR) is 88.4 cm³/mol. The van der Waals surface area contributed by atoms with Crippen LogP contribution in [0.2, 0.25) is 10.0 Å². The molecule has 0 spiro atoms. The third-order valence-corrected chi connectivity index (χ3v) is 5.07. The monoisotopic (exact) mass is 363 g/mol. The molecule has 2 unspecified atom stereocenters. The normalized spacial score (nSPS) is 23.7. The summed E-state index contributed by atoms with van der Waals surface area (Å²) < 4.78 is 0.914. The van der Waals surface area contributed by atoms with Crippen molar-refractivity contribution in [3.63, 3.8) is 0 Å². The fourth-order valence-corrected chi connectivity index (χ4v) is 4.17. The molecule has 1 aliphatic rings.